The second-order valence-corrected chi connectivity index (χ2v) is 21.8. The summed E-state index contributed by atoms with van der Waals surface area (Å²) in [6.45, 7) is 0. The molecule has 0 unspecified atom stereocenters. The van der Waals surface area contributed by atoms with Gasteiger partial charge in [0.05, 0.1) is 46.8 Å². The number of hydrogen-bond donors (Lipinski definition) is 4. The first-order valence-corrected chi connectivity index (χ1v) is 29.6. The molecule has 0 aliphatic heterocycles. The van der Waals surface area contributed by atoms with Crippen LogP contribution in [0.4, 0.5) is 0 Å². The van der Waals surface area contributed by atoms with E-state index in [1.807, 2.05) is 213 Å². The zero-order chi connectivity index (χ0) is 61.2. The van der Waals surface area contributed by atoms with Gasteiger partial charge in [-0.3, -0.25) is 13.2 Å². The van der Waals surface area contributed by atoms with Crippen LogP contribution in [0.15, 0.2) is 278 Å². The largest absolute Gasteiger partial charge is 0.508 e. The van der Waals surface area contributed by atoms with Gasteiger partial charge in [-0.1, -0.05) is 212 Å². The number of aromatic hydroxyl groups is 4. The molecule has 0 fully saturated rings. The maximum atomic E-state index is 11.0. The first-order valence-electron chi connectivity index (χ1n) is 29.6. The van der Waals surface area contributed by atoms with Crippen molar-refractivity contribution >= 4 is 16.9 Å². The molecule has 7 aromatic heterocycles. The summed E-state index contributed by atoms with van der Waals surface area (Å²) in [6.07, 6.45) is 10.5. The molecule has 0 spiro atoms. The summed E-state index contributed by atoms with van der Waals surface area (Å²) in [6, 6.07) is 81.1. The summed E-state index contributed by atoms with van der Waals surface area (Å²) >= 11 is 0. The van der Waals surface area contributed by atoms with Gasteiger partial charge in [0.25, 0.3) is 0 Å². The highest BCUT2D eigenvalue weighted by molar-refractivity contribution is 5.66. The summed E-state index contributed by atoms with van der Waals surface area (Å²) in [5.74, 6) is 1.36. The Morgan fingerprint density at radius 2 is 0.544 bits per heavy atom. The molecule has 4 N–H and O–H groups in total. The van der Waals surface area contributed by atoms with E-state index in [0.29, 0.717) is 78.2 Å². The summed E-state index contributed by atoms with van der Waals surface area (Å²) < 4.78 is 10.6. The van der Waals surface area contributed by atoms with E-state index in [-0.39, 0.29) is 23.4 Å². The Morgan fingerprint density at radius 3 is 0.844 bits per heavy atom. The highest BCUT2D eigenvalue weighted by Crippen LogP contribution is 2.32. The van der Waals surface area contributed by atoms with E-state index in [4.69, 9.17) is 34.3 Å². The third-order valence-electron chi connectivity index (χ3n) is 15.5. The van der Waals surface area contributed by atoms with Crippen molar-refractivity contribution in [2.24, 2.45) is 0 Å². The van der Waals surface area contributed by atoms with Gasteiger partial charge in [-0.05, 0) is 64.2 Å². The molecule has 0 saturated carbocycles. The number of furan rings is 1. The van der Waals surface area contributed by atoms with E-state index in [1.54, 1.807) is 37.8 Å². The first-order chi connectivity index (χ1) is 44.2. The fraction of sp³-hybridized carbons (Fsp3) is 0.0789. The standard InChI is InChI=1S/C26H21N3O2.C26H21N3O.C24H19N3O2/c30-21-13-11-20(12-14-21)24-17-29-25(22(27-24)15-18-7-3-1-4-8-18)28-23(26(29)31)16-19-9-5-2-6-10-19;30-26-23(17-20-12-6-2-7-13-20)28-25-22(16-19-10-4-1-5-11-19)27-24(18-29(25)26)21-14-8-3-9-15-21;28-24-21(15-19-12-7-13-29-19)26-23-20(14-17-8-3-1-4-9-17)25-22(16-27(23)24)18-10-5-2-6-11-18/h1-14,17,30-31H,15-16H2;1-15,18,30H,16-17H2;1-13,16,28H,14-15H2. The summed E-state index contributed by atoms with van der Waals surface area (Å²) in [5.41, 5.74) is 17.1. The minimum absolute atomic E-state index is 0.116. The van der Waals surface area contributed by atoms with Crippen LogP contribution in [0, 0.1) is 0 Å². The molecule has 14 nitrogen and oxygen atoms in total. The van der Waals surface area contributed by atoms with Crippen molar-refractivity contribution in [3.8, 4) is 57.2 Å². The molecular weight excluding hydrogens is 1120 g/mol. The van der Waals surface area contributed by atoms with Gasteiger partial charge in [0, 0.05) is 67.4 Å². The van der Waals surface area contributed by atoms with Crippen LogP contribution in [0.2, 0.25) is 0 Å². The highest BCUT2D eigenvalue weighted by Gasteiger charge is 2.22. The molecule has 0 radical (unpaired) electrons. The number of rotatable bonds is 15. The molecular formula is C76H61N9O5. The topological polar surface area (TPSA) is 185 Å². The Balaban J connectivity index is 0.000000124. The lowest BCUT2D eigenvalue weighted by molar-refractivity contribution is 0.438. The van der Waals surface area contributed by atoms with Gasteiger partial charge in [0.15, 0.2) is 16.9 Å². The number of benzene rings is 8. The first kappa shape index (κ1) is 57.2. The molecule has 7 heterocycles. The maximum Gasteiger partial charge on any atom is 0.219 e. The van der Waals surface area contributed by atoms with E-state index >= 15 is 0 Å². The van der Waals surface area contributed by atoms with Crippen LogP contribution in [-0.2, 0) is 38.5 Å². The zero-order valence-electron chi connectivity index (χ0n) is 48.9. The van der Waals surface area contributed by atoms with Crippen LogP contribution in [0.5, 0.6) is 23.4 Å². The van der Waals surface area contributed by atoms with Crippen molar-refractivity contribution in [2.75, 3.05) is 0 Å². The molecule has 8 aromatic carbocycles. The fourth-order valence-corrected chi connectivity index (χ4v) is 10.9. The van der Waals surface area contributed by atoms with Crippen LogP contribution in [-0.4, -0.2) is 63.5 Å². The predicted molar refractivity (Wildman–Crippen MR) is 350 cm³/mol. The number of aromatic nitrogens is 9. The van der Waals surface area contributed by atoms with Crippen molar-refractivity contribution in [3.05, 3.63) is 341 Å². The number of phenolic OH excluding ortho intramolecular Hbond substituents is 1. The number of phenols is 1. The average molecular weight is 1180 g/mol. The summed E-state index contributed by atoms with van der Waals surface area (Å²) in [7, 11) is 0. The molecule has 90 heavy (non-hydrogen) atoms. The Hall–Kier alpha value is -11.9. The Morgan fingerprint density at radius 1 is 0.267 bits per heavy atom. The molecule has 0 aliphatic rings. The monoisotopic (exact) mass is 1180 g/mol. The fourth-order valence-electron chi connectivity index (χ4n) is 10.9. The van der Waals surface area contributed by atoms with Gasteiger partial charge in [-0.2, -0.15) is 0 Å². The molecule has 0 bridgehead atoms. The van der Waals surface area contributed by atoms with Crippen molar-refractivity contribution in [1.82, 2.24) is 43.1 Å². The van der Waals surface area contributed by atoms with Crippen LogP contribution in [0.25, 0.3) is 50.7 Å². The Labute approximate surface area is 519 Å². The van der Waals surface area contributed by atoms with Gasteiger partial charge in [-0.15, -0.1) is 0 Å². The lowest BCUT2D eigenvalue weighted by Gasteiger charge is -2.08. The summed E-state index contributed by atoms with van der Waals surface area (Å²) in [5, 5.41) is 42.5. The highest BCUT2D eigenvalue weighted by atomic mass is 16.3. The number of nitrogens with zero attached hydrogens (tertiary/aromatic N) is 9. The third kappa shape index (κ3) is 13.1. The second-order valence-electron chi connectivity index (χ2n) is 21.8. The molecule has 0 amide bonds. The SMILES string of the molecule is Oc1c(Cc2ccccc2)nc2c(Cc3ccccc3)nc(-c3ccccc3)cn12.Oc1c(Cc2ccco2)nc2c(Cc3ccccc3)nc(-c3ccccc3)cn12.Oc1ccc(-c2cn3c(O)c(Cc4ccccc4)nc3c(Cc3ccccc3)n2)cc1. The normalized spacial score (nSPS) is 11.1. The third-order valence-corrected chi connectivity index (χ3v) is 15.5. The van der Waals surface area contributed by atoms with Gasteiger partial charge in [-0.25, -0.2) is 29.9 Å². The Kier molecular flexibility index (Phi) is 16.8. The number of fused-ring (bicyclic) bond motifs is 3. The van der Waals surface area contributed by atoms with Crippen LogP contribution >= 0.6 is 0 Å². The zero-order valence-corrected chi connectivity index (χ0v) is 48.9. The molecule has 0 aliphatic carbocycles. The molecule has 15 rings (SSSR count). The quantitative estimate of drug-likeness (QED) is 0.0766. The maximum absolute atomic E-state index is 11.0. The van der Waals surface area contributed by atoms with Crippen LogP contribution in [0.3, 0.4) is 0 Å². The van der Waals surface area contributed by atoms with Gasteiger partial charge < -0.3 is 24.8 Å². The minimum atomic E-state index is 0.116. The van der Waals surface area contributed by atoms with Crippen molar-refractivity contribution in [2.45, 2.75) is 38.5 Å². The van der Waals surface area contributed by atoms with E-state index < -0.39 is 0 Å². The Bertz CT molecular complexity index is 4840. The van der Waals surface area contributed by atoms with E-state index in [0.717, 1.165) is 78.7 Å². The van der Waals surface area contributed by atoms with Crippen molar-refractivity contribution < 1.29 is 24.8 Å². The lowest BCUT2D eigenvalue weighted by atomic mass is 10.1. The van der Waals surface area contributed by atoms with Crippen LogP contribution in [0.1, 0.15) is 67.7 Å². The van der Waals surface area contributed by atoms with Crippen LogP contribution < -0.4 is 0 Å². The molecule has 0 saturated heterocycles. The average Bonchev–Trinajstić information content (AvgIpc) is 1.66. The molecule has 15 aromatic rings. The van der Waals surface area contributed by atoms with Gasteiger partial charge in [0.1, 0.15) is 28.6 Å². The van der Waals surface area contributed by atoms with Gasteiger partial charge in [0.2, 0.25) is 17.6 Å². The minimum Gasteiger partial charge on any atom is -0.508 e. The smallest absolute Gasteiger partial charge is 0.219 e. The molecule has 440 valence electrons. The van der Waals surface area contributed by atoms with Gasteiger partial charge >= 0.3 is 0 Å². The van der Waals surface area contributed by atoms with Crippen molar-refractivity contribution in [1.29, 1.82) is 0 Å². The van der Waals surface area contributed by atoms with E-state index in [1.165, 1.54) is 0 Å². The van der Waals surface area contributed by atoms with E-state index in [2.05, 4.69) is 36.4 Å². The van der Waals surface area contributed by atoms with Crippen molar-refractivity contribution in [3.63, 3.8) is 0 Å². The molecule has 14 heteroatoms. The predicted octanol–water partition coefficient (Wildman–Crippen LogP) is 15.1. The lowest BCUT2D eigenvalue weighted by Crippen LogP contribution is -2.00. The summed E-state index contributed by atoms with van der Waals surface area (Å²) in [4.78, 5) is 29.0. The number of imidazole rings is 3. The second kappa shape index (κ2) is 26.4. The van der Waals surface area contributed by atoms with E-state index in [9.17, 15) is 20.4 Å². The molecule has 0 atom stereocenters. The number of hydrogen-bond acceptors (Lipinski definition) is 11.